The summed E-state index contributed by atoms with van der Waals surface area (Å²) in [5.74, 6) is 1.60. The van der Waals surface area contributed by atoms with E-state index >= 15 is 0 Å². The second-order valence-corrected chi connectivity index (χ2v) is 5.90. The van der Waals surface area contributed by atoms with E-state index in [1.165, 1.54) is 0 Å². The maximum atomic E-state index is 11.7. The van der Waals surface area contributed by atoms with E-state index in [1.807, 2.05) is 39.0 Å². The number of carbonyl (C=O) groups excluding carboxylic acids is 1. The predicted molar refractivity (Wildman–Crippen MR) is 83.8 cm³/mol. The highest BCUT2D eigenvalue weighted by molar-refractivity contribution is 5.76. The molecule has 1 aromatic rings. The third kappa shape index (κ3) is 6.49. The average molecular weight is 294 g/mol. The van der Waals surface area contributed by atoms with Gasteiger partial charge in [0.2, 0.25) is 5.91 Å². The normalized spacial score (nSPS) is 11.1. The summed E-state index contributed by atoms with van der Waals surface area (Å²) in [5, 5.41) is 6.18. The largest absolute Gasteiger partial charge is 0.497 e. The van der Waals surface area contributed by atoms with Gasteiger partial charge in [0.25, 0.3) is 0 Å². The first kappa shape index (κ1) is 17.3. The summed E-state index contributed by atoms with van der Waals surface area (Å²) in [6.07, 6.45) is 0.454. The Labute approximate surface area is 127 Å². The molecule has 1 aromatic carbocycles. The molecule has 1 rings (SSSR count). The Balaban J connectivity index is 2.41. The smallest absolute Gasteiger partial charge is 0.221 e. The molecule has 0 aromatic heterocycles. The molecule has 0 bridgehead atoms. The third-order valence-electron chi connectivity index (χ3n) is 2.85. The molecule has 0 unspecified atom stereocenters. The summed E-state index contributed by atoms with van der Waals surface area (Å²) < 4.78 is 10.5. The van der Waals surface area contributed by atoms with Crippen molar-refractivity contribution in [2.24, 2.45) is 0 Å². The molecule has 0 aliphatic carbocycles. The van der Waals surface area contributed by atoms with E-state index in [2.05, 4.69) is 10.6 Å². The number of amides is 1. The second-order valence-electron chi connectivity index (χ2n) is 5.90. The fourth-order valence-electron chi connectivity index (χ4n) is 1.90. The van der Waals surface area contributed by atoms with Gasteiger partial charge in [0, 0.05) is 36.7 Å². The minimum Gasteiger partial charge on any atom is -0.497 e. The molecule has 0 fully saturated rings. The lowest BCUT2D eigenvalue weighted by Crippen LogP contribution is -2.41. The Morgan fingerprint density at radius 1 is 1.19 bits per heavy atom. The Kier molecular flexibility index (Phi) is 6.49. The molecule has 2 N–H and O–H groups in total. The SMILES string of the molecule is COc1ccc(CNCCC(=O)NC(C)(C)C)c(OC)c1. The first-order valence-corrected chi connectivity index (χ1v) is 7.08. The van der Waals surface area contributed by atoms with Crippen molar-refractivity contribution in [3.8, 4) is 11.5 Å². The summed E-state index contributed by atoms with van der Waals surface area (Å²) >= 11 is 0. The van der Waals surface area contributed by atoms with Gasteiger partial charge in [0.15, 0.2) is 0 Å². The van der Waals surface area contributed by atoms with Crippen molar-refractivity contribution in [1.82, 2.24) is 10.6 Å². The van der Waals surface area contributed by atoms with Crippen molar-refractivity contribution in [2.45, 2.75) is 39.3 Å². The van der Waals surface area contributed by atoms with Crippen molar-refractivity contribution >= 4 is 5.91 Å². The summed E-state index contributed by atoms with van der Waals surface area (Å²) in [4.78, 5) is 11.7. The number of carbonyl (C=O) groups is 1. The van der Waals surface area contributed by atoms with Crippen LogP contribution >= 0.6 is 0 Å². The van der Waals surface area contributed by atoms with Crippen LogP contribution in [0.15, 0.2) is 18.2 Å². The first-order valence-electron chi connectivity index (χ1n) is 7.08. The van der Waals surface area contributed by atoms with Gasteiger partial charge in [0.1, 0.15) is 11.5 Å². The van der Waals surface area contributed by atoms with Crippen LogP contribution in [0.5, 0.6) is 11.5 Å². The van der Waals surface area contributed by atoms with Gasteiger partial charge in [-0.05, 0) is 26.8 Å². The highest BCUT2D eigenvalue weighted by Crippen LogP contribution is 2.24. The molecule has 0 saturated heterocycles. The Morgan fingerprint density at radius 2 is 1.90 bits per heavy atom. The number of benzene rings is 1. The van der Waals surface area contributed by atoms with E-state index in [9.17, 15) is 4.79 Å². The number of rotatable bonds is 7. The van der Waals surface area contributed by atoms with Gasteiger partial charge >= 0.3 is 0 Å². The first-order chi connectivity index (χ1) is 9.85. The molecule has 0 radical (unpaired) electrons. The lowest BCUT2D eigenvalue weighted by atomic mass is 10.1. The minimum atomic E-state index is -0.184. The van der Waals surface area contributed by atoms with Gasteiger partial charge in [-0.15, -0.1) is 0 Å². The van der Waals surface area contributed by atoms with Crippen LogP contribution < -0.4 is 20.1 Å². The molecule has 118 valence electrons. The molecule has 0 aliphatic rings. The number of ether oxygens (including phenoxy) is 2. The summed E-state index contributed by atoms with van der Waals surface area (Å²) in [6, 6.07) is 5.70. The van der Waals surface area contributed by atoms with E-state index in [0.29, 0.717) is 19.5 Å². The Bertz CT molecular complexity index is 467. The molecular weight excluding hydrogens is 268 g/mol. The van der Waals surface area contributed by atoms with Crippen molar-refractivity contribution < 1.29 is 14.3 Å². The van der Waals surface area contributed by atoms with E-state index in [1.54, 1.807) is 14.2 Å². The van der Waals surface area contributed by atoms with Gasteiger partial charge < -0.3 is 20.1 Å². The molecule has 1 amide bonds. The predicted octanol–water partition coefficient (Wildman–Crippen LogP) is 2.10. The van der Waals surface area contributed by atoms with E-state index in [4.69, 9.17) is 9.47 Å². The van der Waals surface area contributed by atoms with Gasteiger partial charge in [-0.1, -0.05) is 6.07 Å². The number of nitrogens with one attached hydrogen (secondary N) is 2. The summed E-state index contributed by atoms with van der Waals surface area (Å²) in [5.41, 5.74) is 0.852. The van der Waals surface area contributed by atoms with E-state index < -0.39 is 0 Å². The van der Waals surface area contributed by atoms with Gasteiger partial charge in [0.05, 0.1) is 14.2 Å². The van der Waals surface area contributed by atoms with Crippen LogP contribution in [-0.2, 0) is 11.3 Å². The zero-order chi connectivity index (χ0) is 15.9. The zero-order valence-corrected chi connectivity index (χ0v) is 13.6. The summed E-state index contributed by atoms with van der Waals surface area (Å²) in [7, 11) is 3.26. The number of hydrogen-bond donors (Lipinski definition) is 2. The molecule has 21 heavy (non-hydrogen) atoms. The zero-order valence-electron chi connectivity index (χ0n) is 13.6. The highest BCUT2D eigenvalue weighted by Gasteiger charge is 2.13. The van der Waals surface area contributed by atoms with Crippen LogP contribution in [0.2, 0.25) is 0 Å². The van der Waals surface area contributed by atoms with Gasteiger partial charge in [-0.3, -0.25) is 4.79 Å². The van der Waals surface area contributed by atoms with Crippen molar-refractivity contribution in [1.29, 1.82) is 0 Å². The minimum absolute atomic E-state index is 0.0525. The Hall–Kier alpha value is -1.75. The second kappa shape index (κ2) is 7.88. The van der Waals surface area contributed by atoms with E-state index in [0.717, 1.165) is 17.1 Å². The molecule has 5 heteroatoms. The fourth-order valence-corrected chi connectivity index (χ4v) is 1.90. The average Bonchev–Trinajstić information content (AvgIpc) is 2.41. The van der Waals surface area contributed by atoms with Crippen LogP contribution in [0.4, 0.5) is 0 Å². The molecule has 0 heterocycles. The van der Waals surface area contributed by atoms with Crippen molar-refractivity contribution in [3.63, 3.8) is 0 Å². The van der Waals surface area contributed by atoms with E-state index in [-0.39, 0.29) is 11.4 Å². The van der Waals surface area contributed by atoms with Crippen molar-refractivity contribution in [3.05, 3.63) is 23.8 Å². The number of methoxy groups -OCH3 is 2. The lowest BCUT2D eigenvalue weighted by molar-refractivity contribution is -0.122. The Morgan fingerprint density at radius 3 is 2.48 bits per heavy atom. The standard InChI is InChI=1S/C16H26N2O3/c1-16(2,3)18-15(19)8-9-17-11-12-6-7-13(20-4)10-14(12)21-5/h6-7,10,17H,8-9,11H2,1-5H3,(H,18,19). The topological polar surface area (TPSA) is 59.6 Å². The molecule has 0 atom stereocenters. The van der Waals surface area contributed by atoms with Crippen molar-refractivity contribution in [2.75, 3.05) is 20.8 Å². The quantitative estimate of drug-likeness (QED) is 0.756. The highest BCUT2D eigenvalue weighted by atomic mass is 16.5. The van der Waals surface area contributed by atoms with Crippen LogP contribution in [0.1, 0.15) is 32.8 Å². The lowest BCUT2D eigenvalue weighted by Gasteiger charge is -2.20. The summed E-state index contributed by atoms with van der Waals surface area (Å²) in [6.45, 7) is 7.19. The third-order valence-corrected chi connectivity index (χ3v) is 2.85. The maximum Gasteiger partial charge on any atom is 0.221 e. The molecular formula is C16H26N2O3. The molecule has 5 nitrogen and oxygen atoms in total. The van der Waals surface area contributed by atoms with Gasteiger partial charge in [-0.2, -0.15) is 0 Å². The van der Waals surface area contributed by atoms with Crippen LogP contribution in [0.3, 0.4) is 0 Å². The number of hydrogen-bond acceptors (Lipinski definition) is 4. The fraction of sp³-hybridized carbons (Fsp3) is 0.562. The molecule has 0 saturated carbocycles. The molecule has 0 aliphatic heterocycles. The van der Waals surface area contributed by atoms with Crippen LogP contribution in [-0.4, -0.2) is 32.2 Å². The van der Waals surface area contributed by atoms with Crippen LogP contribution in [0.25, 0.3) is 0 Å². The van der Waals surface area contributed by atoms with Gasteiger partial charge in [-0.25, -0.2) is 0 Å². The molecule has 0 spiro atoms. The maximum absolute atomic E-state index is 11.7. The van der Waals surface area contributed by atoms with Crippen LogP contribution in [0, 0.1) is 0 Å². The monoisotopic (exact) mass is 294 g/mol.